The lowest BCUT2D eigenvalue weighted by atomic mass is 10.1. The zero-order chi connectivity index (χ0) is 12.6. The molecule has 0 aliphatic carbocycles. The van der Waals surface area contributed by atoms with Crippen molar-refractivity contribution >= 4 is 17.0 Å². The molecule has 0 fully saturated rings. The Balaban J connectivity index is 2.79. The zero-order valence-electron chi connectivity index (χ0n) is 8.63. The van der Waals surface area contributed by atoms with Gasteiger partial charge in [-0.2, -0.15) is 13.2 Å². The van der Waals surface area contributed by atoms with Gasteiger partial charge < -0.3 is 9.72 Å². The molecule has 2 aromatic rings. The highest BCUT2D eigenvalue weighted by molar-refractivity contribution is 5.97. The van der Waals surface area contributed by atoms with Gasteiger partial charge in [0, 0.05) is 11.6 Å². The molecule has 0 amide bonds. The van der Waals surface area contributed by atoms with E-state index in [1.54, 1.807) is 0 Å². The third kappa shape index (κ3) is 1.83. The van der Waals surface area contributed by atoms with Crippen molar-refractivity contribution in [1.82, 2.24) is 9.97 Å². The number of halogens is 3. The summed E-state index contributed by atoms with van der Waals surface area (Å²) in [5, 5.41) is -0.152. The van der Waals surface area contributed by atoms with E-state index in [4.69, 9.17) is 0 Å². The maximum Gasteiger partial charge on any atom is 0.419 e. The van der Waals surface area contributed by atoms with Gasteiger partial charge in [-0.25, -0.2) is 9.78 Å². The summed E-state index contributed by atoms with van der Waals surface area (Å²) >= 11 is 0. The summed E-state index contributed by atoms with van der Waals surface area (Å²) in [5.41, 5.74) is -1.68. The fraction of sp³-hybridized carbons (Fsp3) is 0.200. The highest BCUT2D eigenvalue weighted by Crippen LogP contribution is 2.37. The van der Waals surface area contributed by atoms with Crippen LogP contribution in [0.5, 0.6) is 0 Å². The molecule has 17 heavy (non-hydrogen) atoms. The van der Waals surface area contributed by atoms with Crippen LogP contribution in [0.2, 0.25) is 0 Å². The normalized spacial score (nSPS) is 11.8. The summed E-state index contributed by atoms with van der Waals surface area (Å²) in [6.07, 6.45) is -3.31. The van der Waals surface area contributed by atoms with Gasteiger partial charge in [0.1, 0.15) is 11.3 Å². The number of aromatic amines is 1. The number of carbonyl (C=O) groups excluding carboxylic acids is 1. The number of hydrogen-bond acceptors (Lipinski definition) is 3. The second-order valence-electron chi connectivity index (χ2n) is 3.26. The number of esters is 1. The zero-order valence-corrected chi connectivity index (χ0v) is 8.63. The molecule has 0 radical (unpaired) electrons. The molecule has 1 N–H and O–H groups in total. The number of methoxy groups -OCH3 is 1. The van der Waals surface area contributed by atoms with Gasteiger partial charge >= 0.3 is 12.1 Å². The van der Waals surface area contributed by atoms with E-state index in [1.807, 2.05) is 0 Å². The van der Waals surface area contributed by atoms with E-state index in [1.165, 1.54) is 18.3 Å². The van der Waals surface area contributed by atoms with Crippen LogP contribution in [0.25, 0.3) is 11.0 Å². The van der Waals surface area contributed by atoms with Crippen molar-refractivity contribution in [2.45, 2.75) is 6.18 Å². The summed E-state index contributed by atoms with van der Waals surface area (Å²) in [4.78, 5) is 17.3. The van der Waals surface area contributed by atoms with E-state index in [-0.39, 0.29) is 11.0 Å². The monoisotopic (exact) mass is 244 g/mol. The van der Waals surface area contributed by atoms with Gasteiger partial charge in [0.15, 0.2) is 0 Å². The number of rotatable bonds is 1. The van der Waals surface area contributed by atoms with Crippen LogP contribution < -0.4 is 0 Å². The largest absolute Gasteiger partial charge is 0.464 e. The molecule has 0 saturated heterocycles. The Morgan fingerprint density at radius 3 is 2.76 bits per heavy atom. The quantitative estimate of drug-likeness (QED) is 0.783. The molecule has 0 aliphatic rings. The molecule has 0 spiro atoms. The molecular weight excluding hydrogens is 237 g/mol. The number of alkyl halides is 3. The predicted molar refractivity (Wildman–Crippen MR) is 52.4 cm³/mol. The Bertz CT molecular complexity index is 574. The van der Waals surface area contributed by atoms with Crippen molar-refractivity contribution in [1.29, 1.82) is 0 Å². The molecular formula is C10H7F3N2O2. The number of fused-ring (bicyclic) bond motifs is 1. The lowest BCUT2D eigenvalue weighted by Crippen LogP contribution is -2.13. The molecule has 7 heteroatoms. The third-order valence-corrected chi connectivity index (χ3v) is 2.24. The second-order valence-corrected chi connectivity index (χ2v) is 3.26. The van der Waals surface area contributed by atoms with Crippen molar-refractivity contribution in [2.24, 2.45) is 0 Å². The van der Waals surface area contributed by atoms with Gasteiger partial charge in [0.25, 0.3) is 0 Å². The maximum atomic E-state index is 12.9. The molecule has 0 bridgehead atoms. The lowest BCUT2D eigenvalue weighted by Gasteiger charge is -2.06. The number of nitrogens with one attached hydrogen (secondary N) is 1. The van der Waals surface area contributed by atoms with Crippen LogP contribution in [-0.2, 0) is 10.9 Å². The highest BCUT2D eigenvalue weighted by Gasteiger charge is 2.39. The van der Waals surface area contributed by atoms with Gasteiger partial charge in [0.05, 0.1) is 12.7 Å². The van der Waals surface area contributed by atoms with E-state index in [0.717, 1.165) is 7.11 Å². The Hall–Kier alpha value is -2.05. The summed E-state index contributed by atoms with van der Waals surface area (Å²) in [5.74, 6) is -1.07. The first kappa shape index (κ1) is 11.4. The number of pyridine rings is 1. The summed E-state index contributed by atoms with van der Waals surface area (Å²) in [6, 6.07) is 2.61. The fourth-order valence-electron chi connectivity index (χ4n) is 1.57. The first-order chi connectivity index (χ1) is 7.95. The fourth-order valence-corrected chi connectivity index (χ4v) is 1.57. The average Bonchev–Trinajstić information content (AvgIpc) is 2.66. The van der Waals surface area contributed by atoms with Crippen LogP contribution in [0, 0.1) is 0 Å². The van der Waals surface area contributed by atoms with Crippen molar-refractivity contribution in [3.8, 4) is 0 Å². The summed E-state index contributed by atoms with van der Waals surface area (Å²) < 4.78 is 42.9. The van der Waals surface area contributed by atoms with E-state index < -0.39 is 23.4 Å². The number of hydrogen-bond donors (Lipinski definition) is 1. The minimum atomic E-state index is -4.65. The Labute approximate surface area is 93.4 Å². The lowest BCUT2D eigenvalue weighted by molar-refractivity contribution is -0.136. The second kappa shape index (κ2) is 3.76. The smallest absolute Gasteiger partial charge is 0.419 e. The predicted octanol–water partition coefficient (Wildman–Crippen LogP) is 2.37. The summed E-state index contributed by atoms with van der Waals surface area (Å²) in [6.45, 7) is 0. The topological polar surface area (TPSA) is 55.0 Å². The standard InChI is InChI=1S/C10H7F3N2O2/c1-17-9(16)7-6(10(11,12)13)5-3-2-4-14-8(5)15-7/h2-4H,1H3,(H,14,15). The Kier molecular flexibility index (Phi) is 2.53. The molecule has 2 aromatic heterocycles. The molecule has 0 aromatic carbocycles. The molecule has 2 rings (SSSR count). The number of ether oxygens (including phenoxy) is 1. The average molecular weight is 244 g/mol. The minimum Gasteiger partial charge on any atom is -0.464 e. The summed E-state index contributed by atoms with van der Waals surface area (Å²) in [7, 11) is 1.02. The van der Waals surface area contributed by atoms with Crippen LogP contribution in [0.15, 0.2) is 18.3 Å². The van der Waals surface area contributed by atoms with Crippen molar-refractivity contribution in [3.05, 3.63) is 29.6 Å². The van der Waals surface area contributed by atoms with Crippen molar-refractivity contribution in [3.63, 3.8) is 0 Å². The molecule has 0 unspecified atom stereocenters. The number of aromatic nitrogens is 2. The van der Waals surface area contributed by atoms with Crippen LogP contribution in [0.4, 0.5) is 13.2 Å². The minimum absolute atomic E-state index is 0.000208. The van der Waals surface area contributed by atoms with E-state index in [9.17, 15) is 18.0 Å². The molecule has 0 atom stereocenters. The first-order valence-corrected chi connectivity index (χ1v) is 4.57. The Morgan fingerprint density at radius 2 is 2.18 bits per heavy atom. The van der Waals surface area contributed by atoms with E-state index >= 15 is 0 Å². The third-order valence-electron chi connectivity index (χ3n) is 2.24. The Morgan fingerprint density at radius 1 is 1.47 bits per heavy atom. The maximum absolute atomic E-state index is 12.9. The number of nitrogens with zero attached hydrogens (tertiary/aromatic N) is 1. The van der Waals surface area contributed by atoms with Crippen molar-refractivity contribution < 1.29 is 22.7 Å². The highest BCUT2D eigenvalue weighted by atomic mass is 19.4. The van der Waals surface area contributed by atoms with Gasteiger partial charge in [0.2, 0.25) is 0 Å². The number of carbonyl (C=O) groups is 1. The molecule has 4 nitrogen and oxygen atoms in total. The van der Waals surface area contributed by atoms with Gasteiger partial charge in [-0.05, 0) is 12.1 Å². The molecule has 90 valence electrons. The van der Waals surface area contributed by atoms with Gasteiger partial charge in [-0.1, -0.05) is 0 Å². The van der Waals surface area contributed by atoms with Crippen LogP contribution >= 0.6 is 0 Å². The van der Waals surface area contributed by atoms with E-state index in [2.05, 4.69) is 14.7 Å². The molecule has 0 saturated carbocycles. The number of H-pyrrole nitrogens is 1. The van der Waals surface area contributed by atoms with Gasteiger partial charge in [-0.15, -0.1) is 0 Å². The van der Waals surface area contributed by atoms with Crippen LogP contribution in [0.3, 0.4) is 0 Å². The first-order valence-electron chi connectivity index (χ1n) is 4.57. The van der Waals surface area contributed by atoms with Gasteiger partial charge in [-0.3, -0.25) is 0 Å². The van der Waals surface area contributed by atoms with Crippen LogP contribution in [-0.4, -0.2) is 23.0 Å². The van der Waals surface area contributed by atoms with Crippen molar-refractivity contribution in [2.75, 3.05) is 7.11 Å². The molecule has 2 heterocycles. The van der Waals surface area contributed by atoms with E-state index in [0.29, 0.717) is 0 Å². The van der Waals surface area contributed by atoms with Crippen LogP contribution in [0.1, 0.15) is 16.1 Å². The SMILES string of the molecule is COC(=O)c1[nH]c2ncccc2c1C(F)(F)F. The molecule has 0 aliphatic heterocycles.